The molecule has 3 rings (SSSR count). The van der Waals surface area contributed by atoms with Gasteiger partial charge in [-0.25, -0.2) is 0 Å². The zero-order valence-electron chi connectivity index (χ0n) is 12.8. The molecule has 0 radical (unpaired) electrons. The summed E-state index contributed by atoms with van der Waals surface area (Å²) in [5, 5.41) is 20.5. The molecule has 0 spiro atoms. The summed E-state index contributed by atoms with van der Waals surface area (Å²) in [7, 11) is 0. The molecule has 0 saturated heterocycles. The predicted molar refractivity (Wildman–Crippen MR) is 81.1 cm³/mol. The van der Waals surface area contributed by atoms with E-state index in [4.69, 9.17) is 5.73 Å². The van der Waals surface area contributed by atoms with E-state index in [1.807, 2.05) is 0 Å². The van der Waals surface area contributed by atoms with Crippen molar-refractivity contribution in [3.8, 4) is 0 Å². The molecule has 1 saturated carbocycles. The number of Topliss-reactive ketones (excluding diaryl/α,β-unsaturated/α-hetero) is 2. The maximum Gasteiger partial charge on any atom is 0.255 e. The number of allylic oxidation sites excluding steroid dienone is 4. The molecule has 6 heteroatoms. The monoisotopic (exact) mass is 317 g/mol. The highest BCUT2D eigenvalue weighted by Crippen LogP contribution is 2.49. The summed E-state index contributed by atoms with van der Waals surface area (Å²) in [4.78, 5) is 36.4. The molecule has 0 aromatic heterocycles. The van der Waals surface area contributed by atoms with E-state index in [2.05, 4.69) is 6.58 Å². The van der Waals surface area contributed by atoms with Gasteiger partial charge in [0.25, 0.3) is 5.91 Å². The van der Waals surface area contributed by atoms with Crippen molar-refractivity contribution >= 4 is 17.5 Å². The van der Waals surface area contributed by atoms with E-state index in [1.54, 1.807) is 6.92 Å². The molecule has 1 amide bonds. The second kappa shape index (κ2) is 5.08. The molecule has 0 aliphatic heterocycles. The molecular weight excluding hydrogens is 298 g/mol. The molecule has 3 aliphatic rings. The van der Waals surface area contributed by atoms with Crippen LogP contribution < -0.4 is 5.73 Å². The third-order valence-corrected chi connectivity index (χ3v) is 5.34. The van der Waals surface area contributed by atoms with Crippen LogP contribution in [0.25, 0.3) is 0 Å². The third-order valence-electron chi connectivity index (χ3n) is 5.34. The fourth-order valence-electron chi connectivity index (χ4n) is 4.10. The van der Waals surface area contributed by atoms with Crippen LogP contribution in [-0.2, 0) is 14.4 Å². The average molecular weight is 317 g/mol. The molecule has 4 atom stereocenters. The smallest absolute Gasteiger partial charge is 0.255 e. The van der Waals surface area contributed by atoms with E-state index in [-0.39, 0.29) is 41.1 Å². The first kappa shape index (κ1) is 15.5. The van der Waals surface area contributed by atoms with Crippen molar-refractivity contribution in [2.24, 2.45) is 29.4 Å². The van der Waals surface area contributed by atoms with Gasteiger partial charge < -0.3 is 15.9 Å². The topological polar surface area (TPSA) is 118 Å². The van der Waals surface area contributed by atoms with E-state index < -0.39 is 29.1 Å². The van der Waals surface area contributed by atoms with Crippen molar-refractivity contribution in [1.82, 2.24) is 0 Å². The number of amides is 1. The SMILES string of the molecule is C=C1CC2CC3CC(O)=C(C(N)=O)C(=O)C3C(O)=C2C(=O)C1C. The number of hydrogen-bond donors (Lipinski definition) is 3. The van der Waals surface area contributed by atoms with Gasteiger partial charge >= 0.3 is 0 Å². The van der Waals surface area contributed by atoms with Crippen LogP contribution >= 0.6 is 0 Å². The standard InChI is InChI=1S/C17H19NO5/c1-6-3-8-4-9-5-10(19)13(17(18)23)16(22)12(9)15(21)11(8)14(20)7(6)2/h7-9,12,19,21H,1,3-5H2,2H3,(H2,18,23). The Morgan fingerprint density at radius 3 is 2.48 bits per heavy atom. The van der Waals surface area contributed by atoms with Crippen molar-refractivity contribution in [1.29, 1.82) is 0 Å². The first-order valence-corrected chi connectivity index (χ1v) is 7.65. The summed E-state index contributed by atoms with van der Waals surface area (Å²) in [5.41, 5.74) is 5.80. The molecule has 4 N–H and O–H groups in total. The van der Waals surface area contributed by atoms with Gasteiger partial charge in [-0.05, 0) is 24.7 Å². The summed E-state index contributed by atoms with van der Waals surface area (Å²) in [5.74, 6) is -4.39. The molecule has 6 nitrogen and oxygen atoms in total. The maximum atomic E-state index is 12.5. The number of fused-ring (bicyclic) bond motifs is 2. The van der Waals surface area contributed by atoms with Gasteiger partial charge in [0, 0.05) is 17.9 Å². The summed E-state index contributed by atoms with van der Waals surface area (Å²) in [6.45, 7) is 5.65. The molecule has 0 aromatic rings. The van der Waals surface area contributed by atoms with Crippen LogP contribution in [-0.4, -0.2) is 27.7 Å². The molecule has 4 unspecified atom stereocenters. The van der Waals surface area contributed by atoms with Gasteiger partial charge in [0.2, 0.25) is 0 Å². The number of nitrogens with two attached hydrogens (primary N) is 1. The first-order valence-electron chi connectivity index (χ1n) is 7.65. The van der Waals surface area contributed by atoms with E-state index in [0.717, 1.165) is 5.57 Å². The maximum absolute atomic E-state index is 12.5. The molecule has 23 heavy (non-hydrogen) atoms. The molecule has 0 aromatic carbocycles. The van der Waals surface area contributed by atoms with Gasteiger partial charge in [0.15, 0.2) is 11.6 Å². The predicted octanol–water partition coefficient (Wildman–Crippen LogP) is 1.49. The lowest BCUT2D eigenvalue weighted by molar-refractivity contribution is -0.126. The second-order valence-corrected chi connectivity index (χ2v) is 6.67. The molecule has 0 bridgehead atoms. The minimum atomic E-state index is -1.01. The number of rotatable bonds is 1. The number of aliphatic hydroxyl groups excluding tert-OH is 2. The Labute approximate surface area is 133 Å². The Kier molecular flexibility index (Phi) is 3.43. The van der Waals surface area contributed by atoms with Crippen LogP contribution in [0.5, 0.6) is 0 Å². The number of hydrogen-bond acceptors (Lipinski definition) is 5. The fraction of sp³-hybridized carbons (Fsp3) is 0.471. The van der Waals surface area contributed by atoms with Gasteiger partial charge in [-0.3, -0.25) is 14.4 Å². The molecule has 3 aliphatic carbocycles. The summed E-state index contributed by atoms with van der Waals surface area (Å²) < 4.78 is 0. The number of ketones is 2. The normalized spacial score (nSPS) is 34.4. The van der Waals surface area contributed by atoms with Crippen molar-refractivity contribution < 1.29 is 24.6 Å². The molecule has 0 heterocycles. The molecular formula is C17H19NO5. The van der Waals surface area contributed by atoms with Crippen molar-refractivity contribution in [3.05, 3.63) is 34.8 Å². The highest BCUT2D eigenvalue weighted by Gasteiger charge is 2.50. The highest BCUT2D eigenvalue weighted by atomic mass is 16.3. The van der Waals surface area contributed by atoms with E-state index in [0.29, 0.717) is 12.8 Å². The highest BCUT2D eigenvalue weighted by molar-refractivity contribution is 6.21. The zero-order valence-corrected chi connectivity index (χ0v) is 12.8. The van der Waals surface area contributed by atoms with E-state index in [9.17, 15) is 24.6 Å². The number of carbonyl (C=O) groups excluding carboxylic acids is 3. The Balaban J connectivity index is 2.09. The lowest BCUT2D eigenvalue weighted by Gasteiger charge is -2.41. The molecule has 122 valence electrons. The van der Waals surface area contributed by atoms with E-state index >= 15 is 0 Å². The van der Waals surface area contributed by atoms with Gasteiger partial charge in [-0.2, -0.15) is 0 Å². The Bertz CT molecular complexity index is 714. The Morgan fingerprint density at radius 1 is 1.22 bits per heavy atom. The van der Waals surface area contributed by atoms with Crippen molar-refractivity contribution in [3.63, 3.8) is 0 Å². The minimum Gasteiger partial charge on any atom is -0.511 e. The largest absolute Gasteiger partial charge is 0.511 e. The fourth-order valence-corrected chi connectivity index (χ4v) is 4.10. The van der Waals surface area contributed by atoms with Gasteiger partial charge in [-0.15, -0.1) is 0 Å². The first-order chi connectivity index (χ1) is 10.7. The summed E-state index contributed by atoms with van der Waals surface area (Å²) in [6, 6.07) is 0. The third kappa shape index (κ3) is 2.12. The summed E-state index contributed by atoms with van der Waals surface area (Å²) >= 11 is 0. The van der Waals surface area contributed by atoms with Crippen LogP contribution in [0.4, 0.5) is 0 Å². The van der Waals surface area contributed by atoms with Crippen LogP contribution in [0.1, 0.15) is 26.2 Å². The average Bonchev–Trinajstić information content (AvgIpc) is 2.43. The molecule has 1 fully saturated rings. The van der Waals surface area contributed by atoms with Gasteiger partial charge in [0.1, 0.15) is 17.1 Å². The van der Waals surface area contributed by atoms with Crippen molar-refractivity contribution in [2.75, 3.05) is 0 Å². The summed E-state index contributed by atoms with van der Waals surface area (Å²) in [6.07, 6.45) is 1.17. The Morgan fingerprint density at radius 2 is 1.87 bits per heavy atom. The van der Waals surface area contributed by atoms with Crippen molar-refractivity contribution in [2.45, 2.75) is 26.2 Å². The second-order valence-electron chi connectivity index (χ2n) is 6.67. The van der Waals surface area contributed by atoms with Crippen LogP contribution in [0.2, 0.25) is 0 Å². The Hall–Kier alpha value is -2.37. The lowest BCUT2D eigenvalue weighted by Crippen LogP contribution is -2.44. The quantitative estimate of drug-likeness (QED) is 0.500. The van der Waals surface area contributed by atoms with Gasteiger partial charge in [-0.1, -0.05) is 19.1 Å². The van der Waals surface area contributed by atoms with Gasteiger partial charge in [0.05, 0.1) is 5.92 Å². The number of aliphatic hydroxyl groups is 2. The van der Waals surface area contributed by atoms with Crippen LogP contribution in [0.15, 0.2) is 34.8 Å². The number of primary amides is 1. The minimum absolute atomic E-state index is 0.0960. The van der Waals surface area contributed by atoms with Crippen LogP contribution in [0, 0.1) is 23.7 Å². The van der Waals surface area contributed by atoms with E-state index in [1.165, 1.54) is 0 Å². The number of carbonyl (C=O) groups is 3. The lowest BCUT2D eigenvalue weighted by atomic mass is 9.61. The zero-order chi connectivity index (χ0) is 17.0. The van der Waals surface area contributed by atoms with Crippen LogP contribution in [0.3, 0.4) is 0 Å².